The van der Waals surface area contributed by atoms with Crippen molar-refractivity contribution < 1.29 is 0 Å². The fourth-order valence-electron chi connectivity index (χ4n) is 1.37. The van der Waals surface area contributed by atoms with E-state index in [1.54, 1.807) is 11.3 Å². The van der Waals surface area contributed by atoms with Gasteiger partial charge in [0.25, 0.3) is 0 Å². The monoisotopic (exact) mass is 217 g/mol. The van der Waals surface area contributed by atoms with Crippen LogP contribution >= 0.6 is 11.3 Å². The summed E-state index contributed by atoms with van der Waals surface area (Å²) in [7, 11) is 0. The molecule has 0 atom stereocenters. The van der Waals surface area contributed by atoms with Crippen molar-refractivity contribution in [2.45, 2.75) is 0 Å². The SMILES string of the molecule is Nc1cnn(-c2ccc3ncsc3c2)n1. The van der Waals surface area contributed by atoms with Crippen LogP contribution in [-0.4, -0.2) is 20.0 Å². The average molecular weight is 217 g/mol. The van der Waals surface area contributed by atoms with E-state index >= 15 is 0 Å². The zero-order valence-corrected chi connectivity index (χ0v) is 8.48. The van der Waals surface area contributed by atoms with Gasteiger partial charge in [-0.15, -0.1) is 21.2 Å². The van der Waals surface area contributed by atoms with Gasteiger partial charge < -0.3 is 5.73 Å². The van der Waals surface area contributed by atoms with E-state index in [-0.39, 0.29) is 0 Å². The molecule has 0 aliphatic heterocycles. The van der Waals surface area contributed by atoms with Crippen LogP contribution in [0.2, 0.25) is 0 Å². The van der Waals surface area contributed by atoms with Crippen LogP contribution in [0.15, 0.2) is 29.9 Å². The minimum atomic E-state index is 0.416. The topological polar surface area (TPSA) is 69.6 Å². The summed E-state index contributed by atoms with van der Waals surface area (Å²) in [5, 5.41) is 8.08. The number of hydrogen-bond donors (Lipinski definition) is 1. The minimum absolute atomic E-state index is 0.416. The number of thiazole rings is 1. The lowest BCUT2D eigenvalue weighted by atomic mass is 10.3. The first-order chi connectivity index (χ1) is 7.33. The maximum absolute atomic E-state index is 5.50. The molecule has 0 aliphatic rings. The molecule has 0 aliphatic carbocycles. The van der Waals surface area contributed by atoms with E-state index in [0.29, 0.717) is 5.82 Å². The largest absolute Gasteiger partial charge is 0.381 e. The van der Waals surface area contributed by atoms with Gasteiger partial charge in [-0.3, -0.25) is 0 Å². The lowest BCUT2D eigenvalue weighted by Crippen LogP contribution is -1.98. The predicted molar refractivity (Wildman–Crippen MR) is 58.9 cm³/mol. The Kier molecular flexibility index (Phi) is 1.69. The average Bonchev–Trinajstić information content (AvgIpc) is 2.84. The van der Waals surface area contributed by atoms with Crippen LogP contribution in [-0.2, 0) is 0 Å². The molecule has 5 nitrogen and oxygen atoms in total. The van der Waals surface area contributed by atoms with Gasteiger partial charge in [-0.05, 0) is 18.2 Å². The van der Waals surface area contributed by atoms with E-state index < -0.39 is 0 Å². The summed E-state index contributed by atoms with van der Waals surface area (Å²) in [5.74, 6) is 0.416. The Balaban J connectivity index is 2.18. The molecular weight excluding hydrogens is 210 g/mol. The number of benzene rings is 1. The van der Waals surface area contributed by atoms with E-state index in [2.05, 4.69) is 15.2 Å². The first kappa shape index (κ1) is 8.37. The van der Waals surface area contributed by atoms with Crippen LogP contribution in [0.3, 0.4) is 0 Å². The summed E-state index contributed by atoms with van der Waals surface area (Å²) >= 11 is 1.59. The summed E-state index contributed by atoms with van der Waals surface area (Å²) < 4.78 is 1.11. The molecule has 2 heterocycles. The molecule has 0 radical (unpaired) electrons. The van der Waals surface area contributed by atoms with Crippen molar-refractivity contribution in [3.8, 4) is 5.69 Å². The van der Waals surface area contributed by atoms with E-state index in [9.17, 15) is 0 Å². The first-order valence-corrected chi connectivity index (χ1v) is 5.22. The third-order valence-electron chi connectivity index (χ3n) is 2.06. The molecular formula is C9H7N5S. The Morgan fingerprint density at radius 2 is 2.27 bits per heavy atom. The Morgan fingerprint density at radius 3 is 3.07 bits per heavy atom. The van der Waals surface area contributed by atoms with Gasteiger partial charge in [0.15, 0.2) is 5.82 Å². The van der Waals surface area contributed by atoms with E-state index in [4.69, 9.17) is 5.73 Å². The molecule has 0 unspecified atom stereocenters. The third-order valence-corrected chi connectivity index (χ3v) is 2.85. The molecule has 2 N–H and O–H groups in total. The van der Waals surface area contributed by atoms with Crippen LogP contribution < -0.4 is 5.73 Å². The zero-order chi connectivity index (χ0) is 10.3. The lowest BCUT2D eigenvalue weighted by molar-refractivity contribution is 0.755. The highest BCUT2D eigenvalue weighted by atomic mass is 32.1. The first-order valence-electron chi connectivity index (χ1n) is 4.34. The number of nitrogens with zero attached hydrogens (tertiary/aromatic N) is 4. The Morgan fingerprint density at radius 1 is 1.33 bits per heavy atom. The molecule has 0 saturated heterocycles. The molecule has 74 valence electrons. The fraction of sp³-hybridized carbons (Fsp3) is 0. The number of aromatic nitrogens is 4. The second-order valence-corrected chi connectivity index (χ2v) is 3.95. The van der Waals surface area contributed by atoms with Gasteiger partial charge in [-0.25, -0.2) is 4.98 Å². The molecule has 0 spiro atoms. The maximum atomic E-state index is 5.50. The summed E-state index contributed by atoms with van der Waals surface area (Å²) in [6.45, 7) is 0. The number of nitrogen functional groups attached to an aromatic ring is 1. The van der Waals surface area contributed by atoms with Crippen molar-refractivity contribution >= 4 is 27.4 Å². The molecule has 0 bridgehead atoms. The van der Waals surface area contributed by atoms with E-state index in [0.717, 1.165) is 15.9 Å². The fourth-order valence-corrected chi connectivity index (χ4v) is 2.08. The second-order valence-electron chi connectivity index (χ2n) is 3.06. The Labute approximate surface area is 89.2 Å². The molecule has 0 fully saturated rings. The van der Waals surface area contributed by atoms with Crippen molar-refractivity contribution in [3.63, 3.8) is 0 Å². The van der Waals surface area contributed by atoms with Crippen molar-refractivity contribution in [3.05, 3.63) is 29.9 Å². The minimum Gasteiger partial charge on any atom is -0.381 e. The normalized spacial score (nSPS) is 10.9. The van der Waals surface area contributed by atoms with Crippen LogP contribution in [0, 0.1) is 0 Å². The van der Waals surface area contributed by atoms with Gasteiger partial charge in [-0.2, -0.15) is 5.10 Å². The standard InChI is InChI=1S/C9H7N5S/c10-9-4-12-14(13-9)6-1-2-7-8(3-6)15-5-11-7/h1-5H,(H2,10,13). The molecule has 6 heteroatoms. The van der Waals surface area contributed by atoms with Crippen LogP contribution in [0.1, 0.15) is 0 Å². The van der Waals surface area contributed by atoms with Crippen LogP contribution in [0.25, 0.3) is 15.9 Å². The quantitative estimate of drug-likeness (QED) is 0.670. The van der Waals surface area contributed by atoms with Gasteiger partial charge in [-0.1, -0.05) is 0 Å². The van der Waals surface area contributed by atoms with Crippen LogP contribution in [0.4, 0.5) is 5.82 Å². The van der Waals surface area contributed by atoms with Gasteiger partial charge >= 0.3 is 0 Å². The second kappa shape index (κ2) is 3.03. The summed E-state index contributed by atoms with van der Waals surface area (Å²) in [5.41, 5.74) is 9.20. The van der Waals surface area contributed by atoms with E-state index in [1.165, 1.54) is 11.0 Å². The number of fused-ring (bicyclic) bond motifs is 1. The van der Waals surface area contributed by atoms with Gasteiger partial charge in [0.05, 0.1) is 27.6 Å². The predicted octanol–water partition coefficient (Wildman–Crippen LogP) is 1.46. The molecule has 15 heavy (non-hydrogen) atoms. The van der Waals surface area contributed by atoms with Crippen molar-refractivity contribution in [2.24, 2.45) is 0 Å². The Hall–Kier alpha value is -1.95. The maximum Gasteiger partial charge on any atom is 0.166 e. The highest BCUT2D eigenvalue weighted by Crippen LogP contribution is 2.20. The molecule has 2 aromatic heterocycles. The van der Waals surface area contributed by atoms with Crippen molar-refractivity contribution in [1.29, 1.82) is 0 Å². The smallest absolute Gasteiger partial charge is 0.166 e. The number of rotatable bonds is 1. The summed E-state index contributed by atoms with van der Waals surface area (Å²) in [6.07, 6.45) is 1.52. The van der Waals surface area contributed by atoms with Crippen molar-refractivity contribution in [2.75, 3.05) is 5.73 Å². The molecule has 0 saturated carbocycles. The van der Waals surface area contributed by atoms with E-state index in [1.807, 2.05) is 23.7 Å². The molecule has 3 rings (SSSR count). The van der Waals surface area contributed by atoms with Crippen LogP contribution in [0.5, 0.6) is 0 Å². The molecule has 1 aromatic carbocycles. The highest BCUT2D eigenvalue weighted by Gasteiger charge is 2.02. The number of nitrogens with two attached hydrogens (primary N) is 1. The summed E-state index contributed by atoms with van der Waals surface area (Å²) in [6, 6.07) is 5.86. The van der Waals surface area contributed by atoms with Gasteiger partial charge in [0.1, 0.15) is 0 Å². The number of anilines is 1. The van der Waals surface area contributed by atoms with Gasteiger partial charge in [0, 0.05) is 0 Å². The highest BCUT2D eigenvalue weighted by molar-refractivity contribution is 7.16. The zero-order valence-electron chi connectivity index (χ0n) is 7.66. The molecule has 3 aromatic rings. The Bertz CT molecular complexity index is 612. The third kappa shape index (κ3) is 1.35. The summed E-state index contributed by atoms with van der Waals surface area (Å²) in [4.78, 5) is 5.71. The number of hydrogen-bond acceptors (Lipinski definition) is 5. The molecule has 0 amide bonds. The van der Waals surface area contributed by atoms with Gasteiger partial charge in [0.2, 0.25) is 0 Å². The lowest BCUT2D eigenvalue weighted by Gasteiger charge is -1.97. The van der Waals surface area contributed by atoms with Crippen molar-refractivity contribution in [1.82, 2.24) is 20.0 Å².